The third-order valence-electron chi connectivity index (χ3n) is 3.83. The van der Waals surface area contributed by atoms with E-state index >= 15 is 0 Å². The molecule has 0 aromatic heterocycles. The molecule has 2 aromatic carbocycles. The topological polar surface area (TPSA) is 65.0 Å². The van der Waals surface area contributed by atoms with E-state index in [1.807, 2.05) is 13.0 Å². The predicted molar refractivity (Wildman–Crippen MR) is 90.5 cm³/mol. The Balaban J connectivity index is 1.63. The van der Waals surface area contributed by atoms with Crippen LogP contribution < -0.4 is 10.2 Å². The first-order valence-corrected chi connectivity index (χ1v) is 8.05. The average molecular weight is 326 g/mol. The molecule has 0 atom stereocenters. The first-order valence-electron chi connectivity index (χ1n) is 8.05. The van der Waals surface area contributed by atoms with Crippen molar-refractivity contribution in [2.24, 2.45) is 0 Å². The highest BCUT2D eigenvalue weighted by molar-refractivity contribution is 6.61. The van der Waals surface area contributed by atoms with Crippen molar-refractivity contribution in [3.8, 4) is 11.5 Å². The molecule has 0 amide bonds. The van der Waals surface area contributed by atoms with Gasteiger partial charge in [-0.25, -0.2) is 4.79 Å². The van der Waals surface area contributed by atoms with Gasteiger partial charge in [-0.1, -0.05) is 19.4 Å². The van der Waals surface area contributed by atoms with E-state index in [1.165, 1.54) is 0 Å². The number of fused-ring (bicyclic) bond motifs is 1. The minimum absolute atomic E-state index is 0.321. The van der Waals surface area contributed by atoms with Crippen LogP contribution in [-0.4, -0.2) is 24.7 Å². The molecule has 124 valence electrons. The summed E-state index contributed by atoms with van der Waals surface area (Å²) in [4.78, 5) is 11.8. The summed E-state index contributed by atoms with van der Waals surface area (Å²) in [5.41, 5.74) is 2.19. The Morgan fingerprint density at radius 2 is 1.96 bits per heavy atom. The summed E-state index contributed by atoms with van der Waals surface area (Å²) in [5.74, 6) is 0.961. The number of hydrogen-bond acceptors (Lipinski definition) is 5. The van der Waals surface area contributed by atoms with Crippen LogP contribution in [0.3, 0.4) is 0 Å². The van der Waals surface area contributed by atoms with E-state index in [-0.39, 0.29) is 5.97 Å². The van der Waals surface area contributed by atoms with Gasteiger partial charge in [0.1, 0.15) is 11.5 Å². The molecule has 1 heterocycles. The fourth-order valence-corrected chi connectivity index (χ4v) is 2.46. The second-order valence-corrected chi connectivity index (χ2v) is 5.64. The van der Waals surface area contributed by atoms with E-state index in [9.17, 15) is 9.82 Å². The van der Waals surface area contributed by atoms with E-state index in [1.54, 1.807) is 36.4 Å². The van der Waals surface area contributed by atoms with Crippen molar-refractivity contribution in [2.45, 2.75) is 26.4 Å². The van der Waals surface area contributed by atoms with Gasteiger partial charge in [0, 0.05) is 0 Å². The largest absolute Gasteiger partial charge is 0.491 e. The van der Waals surface area contributed by atoms with Gasteiger partial charge >= 0.3 is 13.1 Å². The number of hydrogen-bond donors (Lipinski definition) is 1. The van der Waals surface area contributed by atoms with E-state index in [2.05, 4.69) is 0 Å². The quantitative estimate of drug-likeness (QED) is 0.502. The molecule has 0 bridgehead atoms. The van der Waals surface area contributed by atoms with Crippen LogP contribution >= 0.6 is 0 Å². The highest BCUT2D eigenvalue weighted by Gasteiger charge is 2.27. The van der Waals surface area contributed by atoms with Crippen molar-refractivity contribution in [3.63, 3.8) is 0 Å². The summed E-state index contributed by atoms with van der Waals surface area (Å²) < 4.78 is 16.1. The summed E-state index contributed by atoms with van der Waals surface area (Å²) >= 11 is 0. The molecule has 0 aliphatic carbocycles. The van der Waals surface area contributed by atoms with Crippen LogP contribution in [0.15, 0.2) is 42.5 Å². The summed E-state index contributed by atoms with van der Waals surface area (Å²) in [6.45, 7) is 2.86. The third kappa shape index (κ3) is 3.78. The maximum Gasteiger partial charge on any atom is 0.491 e. The van der Waals surface area contributed by atoms with Gasteiger partial charge in [-0.2, -0.15) is 0 Å². The molecule has 24 heavy (non-hydrogen) atoms. The highest BCUT2D eigenvalue weighted by Crippen LogP contribution is 2.24. The van der Waals surface area contributed by atoms with Crippen molar-refractivity contribution in [1.82, 2.24) is 0 Å². The normalized spacial score (nSPS) is 12.8. The minimum atomic E-state index is -0.855. The zero-order valence-electron chi connectivity index (χ0n) is 13.5. The van der Waals surface area contributed by atoms with Gasteiger partial charge in [-0.05, 0) is 53.8 Å². The molecule has 0 fully saturated rings. The lowest BCUT2D eigenvalue weighted by Gasteiger charge is -2.08. The fraction of sp³-hybridized carbons (Fsp3) is 0.278. The van der Waals surface area contributed by atoms with Crippen LogP contribution in [0.4, 0.5) is 0 Å². The van der Waals surface area contributed by atoms with Gasteiger partial charge in [0.15, 0.2) is 0 Å². The Hall–Kier alpha value is -2.31. The first-order chi connectivity index (χ1) is 11.7. The molecule has 0 radical (unpaired) electrons. The van der Waals surface area contributed by atoms with Gasteiger partial charge in [-0.3, -0.25) is 0 Å². The highest BCUT2D eigenvalue weighted by atomic mass is 16.5. The Bertz CT molecular complexity index is 714. The Labute approximate surface area is 141 Å². The van der Waals surface area contributed by atoms with Crippen molar-refractivity contribution < 1.29 is 23.9 Å². The smallest absolute Gasteiger partial charge is 0.462 e. The Morgan fingerprint density at radius 1 is 1.21 bits per heavy atom. The number of carbonyl (C=O) groups is 1. The molecule has 1 aliphatic rings. The zero-order valence-corrected chi connectivity index (χ0v) is 13.5. The number of esters is 1. The van der Waals surface area contributed by atoms with Crippen LogP contribution in [-0.2, 0) is 16.0 Å². The maximum absolute atomic E-state index is 11.8. The molecule has 0 unspecified atom stereocenters. The summed E-state index contributed by atoms with van der Waals surface area (Å²) in [6.07, 6.45) is 1.85. The lowest BCUT2D eigenvalue weighted by molar-refractivity contribution is 0.0499. The SMILES string of the molecule is CCCCOC(=O)c1ccc(Oc2ccc3c(c2)COB3O)cc1. The Kier molecular flexibility index (Phi) is 5.18. The number of carbonyl (C=O) groups excluding carboxylic acids is 1. The van der Waals surface area contributed by atoms with Crippen LogP contribution in [0.5, 0.6) is 11.5 Å². The maximum atomic E-state index is 11.8. The minimum Gasteiger partial charge on any atom is -0.462 e. The molecule has 1 N–H and O–H groups in total. The molecule has 6 heteroatoms. The standard InChI is InChI=1S/C18H19BO5/c1-2-3-10-22-18(20)13-4-6-15(7-5-13)24-16-8-9-17-14(11-16)12-23-19(17)21/h4-9,11,21H,2-3,10,12H2,1H3. The summed E-state index contributed by atoms with van der Waals surface area (Å²) in [7, 11) is -0.855. The lowest BCUT2D eigenvalue weighted by atomic mass is 9.80. The second kappa shape index (κ2) is 7.51. The van der Waals surface area contributed by atoms with Gasteiger partial charge < -0.3 is 19.2 Å². The summed E-state index contributed by atoms with van der Waals surface area (Å²) in [6, 6.07) is 12.3. The molecular formula is C18H19BO5. The Morgan fingerprint density at radius 3 is 2.71 bits per heavy atom. The second-order valence-electron chi connectivity index (χ2n) is 5.64. The monoisotopic (exact) mass is 326 g/mol. The molecule has 5 nitrogen and oxygen atoms in total. The summed E-state index contributed by atoms with van der Waals surface area (Å²) in [5, 5.41) is 9.62. The fourth-order valence-electron chi connectivity index (χ4n) is 2.46. The molecule has 0 saturated heterocycles. The van der Waals surface area contributed by atoms with Crippen molar-refractivity contribution in [1.29, 1.82) is 0 Å². The lowest BCUT2D eigenvalue weighted by Crippen LogP contribution is -2.27. The molecule has 3 rings (SSSR count). The van der Waals surface area contributed by atoms with E-state index in [0.29, 0.717) is 30.3 Å². The molecule has 0 spiro atoms. The number of rotatable bonds is 6. The van der Waals surface area contributed by atoms with E-state index < -0.39 is 7.12 Å². The van der Waals surface area contributed by atoms with Gasteiger partial charge in [-0.15, -0.1) is 0 Å². The third-order valence-corrected chi connectivity index (χ3v) is 3.83. The number of benzene rings is 2. The zero-order chi connectivity index (χ0) is 16.9. The van der Waals surface area contributed by atoms with Crippen LogP contribution in [0.25, 0.3) is 0 Å². The van der Waals surface area contributed by atoms with Crippen molar-refractivity contribution >= 4 is 18.6 Å². The predicted octanol–water partition coefficient (Wildman–Crippen LogP) is 2.65. The van der Waals surface area contributed by atoms with Crippen molar-refractivity contribution in [3.05, 3.63) is 53.6 Å². The van der Waals surface area contributed by atoms with E-state index in [4.69, 9.17) is 14.1 Å². The first kappa shape index (κ1) is 16.5. The molecule has 2 aromatic rings. The molecule has 1 aliphatic heterocycles. The molecule has 0 saturated carbocycles. The van der Waals surface area contributed by atoms with E-state index in [0.717, 1.165) is 23.9 Å². The van der Waals surface area contributed by atoms with Gasteiger partial charge in [0.05, 0.1) is 18.8 Å². The molecular weight excluding hydrogens is 307 g/mol. The van der Waals surface area contributed by atoms with Gasteiger partial charge in [0.25, 0.3) is 0 Å². The average Bonchev–Trinajstić information content (AvgIpc) is 2.96. The number of unbranched alkanes of at least 4 members (excludes halogenated alkanes) is 1. The van der Waals surface area contributed by atoms with Crippen LogP contribution in [0.2, 0.25) is 0 Å². The van der Waals surface area contributed by atoms with Gasteiger partial charge in [0.2, 0.25) is 0 Å². The van der Waals surface area contributed by atoms with Crippen LogP contribution in [0.1, 0.15) is 35.7 Å². The van der Waals surface area contributed by atoms with Crippen molar-refractivity contribution in [2.75, 3.05) is 6.61 Å². The number of ether oxygens (including phenoxy) is 2. The van der Waals surface area contributed by atoms with Crippen LogP contribution in [0, 0.1) is 0 Å².